The van der Waals surface area contributed by atoms with Crippen molar-refractivity contribution < 1.29 is 4.74 Å². The van der Waals surface area contributed by atoms with E-state index in [-0.39, 0.29) is 11.5 Å². The Morgan fingerprint density at radius 1 is 1.25 bits per heavy atom. The number of aromatic nitrogens is 1. The van der Waals surface area contributed by atoms with Gasteiger partial charge in [-0.1, -0.05) is 41.0 Å². The standard InChI is InChI=1S/C16H30N2OS/c1-7-10-12-13(11-17-8-2)20-15(18-12)14(19-9-3)16(4,5)6/h14,17H,7-11H2,1-6H3. The molecule has 1 aromatic rings. The smallest absolute Gasteiger partial charge is 0.123 e. The van der Waals surface area contributed by atoms with Crippen LogP contribution in [0.5, 0.6) is 0 Å². The van der Waals surface area contributed by atoms with Crippen molar-refractivity contribution in [1.82, 2.24) is 10.3 Å². The second-order valence-corrected chi connectivity index (χ2v) is 7.27. The summed E-state index contributed by atoms with van der Waals surface area (Å²) in [6.45, 7) is 15.7. The second kappa shape index (κ2) is 8.11. The van der Waals surface area contributed by atoms with Crippen molar-refractivity contribution in [3.05, 3.63) is 15.6 Å². The van der Waals surface area contributed by atoms with E-state index in [9.17, 15) is 0 Å². The number of hydrogen-bond donors (Lipinski definition) is 1. The van der Waals surface area contributed by atoms with Gasteiger partial charge in [0.1, 0.15) is 11.1 Å². The Hall–Kier alpha value is -0.450. The van der Waals surface area contributed by atoms with Crippen molar-refractivity contribution in [3.63, 3.8) is 0 Å². The van der Waals surface area contributed by atoms with Crippen LogP contribution < -0.4 is 5.32 Å². The maximum absolute atomic E-state index is 5.97. The molecule has 0 spiro atoms. The topological polar surface area (TPSA) is 34.1 Å². The summed E-state index contributed by atoms with van der Waals surface area (Å²) >= 11 is 1.82. The van der Waals surface area contributed by atoms with Crippen molar-refractivity contribution in [3.8, 4) is 0 Å². The monoisotopic (exact) mass is 298 g/mol. The van der Waals surface area contributed by atoms with E-state index >= 15 is 0 Å². The van der Waals surface area contributed by atoms with E-state index in [1.807, 2.05) is 11.3 Å². The van der Waals surface area contributed by atoms with Gasteiger partial charge in [0, 0.05) is 18.0 Å². The zero-order valence-corrected chi connectivity index (χ0v) is 14.7. The first-order valence-electron chi connectivity index (χ1n) is 7.74. The minimum atomic E-state index is 0.0762. The fraction of sp³-hybridized carbons (Fsp3) is 0.812. The molecular weight excluding hydrogens is 268 g/mol. The number of hydrogen-bond acceptors (Lipinski definition) is 4. The van der Waals surface area contributed by atoms with Gasteiger partial charge in [0.25, 0.3) is 0 Å². The molecule has 1 rings (SSSR count). The third-order valence-corrected chi connectivity index (χ3v) is 4.30. The molecule has 0 saturated carbocycles. The SMILES string of the molecule is CCCc1nc(C(OCC)C(C)(C)C)sc1CNCC. The van der Waals surface area contributed by atoms with Gasteiger partial charge in [-0.15, -0.1) is 11.3 Å². The molecule has 1 N–H and O–H groups in total. The molecule has 0 aliphatic heterocycles. The molecule has 0 aliphatic rings. The van der Waals surface area contributed by atoms with E-state index < -0.39 is 0 Å². The van der Waals surface area contributed by atoms with Gasteiger partial charge in [0.05, 0.1) is 5.69 Å². The Morgan fingerprint density at radius 2 is 1.95 bits per heavy atom. The number of ether oxygens (including phenoxy) is 1. The minimum absolute atomic E-state index is 0.0762. The molecule has 1 atom stereocenters. The second-order valence-electron chi connectivity index (χ2n) is 6.15. The van der Waals surface area contributed by atoms with Gasteiger partial charge < -0.3 is 10.1 Å². The molecule has 0 radical (unpaired) electrons. The Morgan fingerprint density at radius 3 is 2.45 bits per heavy atom. The average molecular weight is 298 g/mol. The van der Waals surface area contributed by atoms with Crippen LogP contribution in [0.3, 0.4) is 0 Å². The number of aryl methyl sites for hydroxylation is 1. The zero-order chi connectivity index (χ0) is 15.2. The van der Waals surface area contributed by atoms with Crippen molar-refractivity contribution in [2.75, 3.05) is 13.2 Å². The molecule has 0 bridgehead atoms. The van der Waals surface area contributed by atoms with Crippen LogP contribution in [0.25, 0.3) is 0 Å². The highest BCUT2D eigenvalue weighted by Crippen LogP contribution is 2.39. The van der Waals surface area contributed by atoms with Crippen molar-refractivity contribution >= 4 is 11.3 Å². The highest BCUT2D eigenvalue weighted by molar-refractivity contribution is 7.11. The molecule has 0 amide bonds. The molecular formula is C16H30N2OS. The number of nitrogens with zero attached hydrogens (tertiary/aromatic N) is 1. The van der Waals surface area contributed by atoms with Crippen LogP contribution in [0.2, 0.25) is 0 Å². The van der Waals surface area contributed by atoms with Gasteiger partial charge in [-0.3, -0.25) is 0 Å². The van der Waals surface area contributed by atoms with E-state index in [0.29, 0.717) is 0 Å². The first-order chi connectivity index (χ1) is 9.43. The molecule has 0 aromatic carbocycles. The first-order valence-corrected chi connectivity index (χ1v) is 8.56. The number of rotatable bonds is 8. The molecule has 1 aromatic heterocycles. The van der Waals surface area contributed by atoms with Crippen LogP contribution in [0.15, 0.2) is 0 Å². The fourth-order valence-electron chi connectivity index (χ4n) is 2.18. The summed E-state index contributed by atoms with van der Waals surface area (Å²) in [4.78, 5) is 6.26. The number of thiazole rings is 1. The van der Waals surface area contributed by atoms with E-state index in [2.05, 4.69) is 46.9 Å². The summed E-state index contributed by atoms with van der Waals surface area (Å²) < 4.78 is 5.97. The summed E-state index contributed by atoms with van der Waals surface area (Å²) in [5.74, 6) is 0. The van der Waals surface area contributed by atoms with Crippen LogP contribution in [0.1, 0.15) is 69.6 Å². The third kappa shape index (κ3) is 4.83. The number of nitrogens with one attached hydrogen (secondary N) is 1. The molecule has 20 heavy (non-hydrogen) atoms. The molecule has 3 nitrogen and oxygen atoms in total. The Bertz CT molecular complexity index is 396. The van der Waals surface area contributed by atoms with Crippen LogP contribution in [-0.4, -0.2) is 18.1 Å². The van der Waals surface area contributed by atoms with Gasteiger partial charge in [0.2, 0.25) is 0 Å². The third-order valence-electron chi connectivity index (χ3n) is 3.16. The van der Waals surface area contributed by atoms with Gasteiger partial charge in [-0.05, 0) is 25.3 Å². The molecule has 116 valence electrons. The molecule has 4 heteroatoms. The Balaban J connectivity index is 3.03. The highest BCUT2D eigenvalue weighted by Gasteiger charge is 2.30. The van der Waals surface area contributed by atoms with E-state index in [1.165, 1.54) is 10.6 Å². The van der Waals surface area contributed by atoms with Gasteiger partial charge in [-0.25, -0.2) is 4.98 Å². The van der Waals surface area contributed by atoms with Crippen molar-refractivity contribution in [1.29, 1.82) is 0 Å². The lowest BCUT2D eigenvalue weighted by molar-refractivity contribution is -0.0134. The lowest BCUT2D eigenvalue weighted by Gasteiger charge is -2.28. The van der Waals surface area contributed by atoms with Crippen LogP contribution >= 0.6 is 11.3 Å². The summed E-state index contributed by atoms with van der Waals surface area (Å²) in [7, 11) is 0. The molecule has 1 unspecified atom stereocenters. The summed E-state index contributed by atoms with van der Waals surface area (Å²) in [5.41, 5.74) is 1.33. The lowest BCUT2D eigenvalue weighted by Crippen LogP contribution is -2.21. The normalized spacial score (nSPS) is 13.7. The maximum Gasteiger partial charge on any atom is 0.123 e. The van der Waals surface area contributed by atoms with Crippen LogP contribution in [-0.2, 0) is 17.7 Å². The Kier molecular flexibility index (Phi) is 7.13. The Labute approximate surface area is 128 Å². The largest absolute Gasteiger partial charge is 0.371 e. The highest BCUT2D eigenvalue weighted by atomic mass is 32.1. The van der Waals surface area contributed by atoms with Crippen LogP contribution in [0, 0.1) is 5.41 Å². The minimum Gasteiger partial charge on any atom is -0.371 e. The zero-order valence-electron chi connectivity index (χ0n) is 13.9. The van der Waals surface area contributed by atoms with E-state index in [4.69, 9.17) is 9.72 Å². The van der Waals surface area contributed by atoms with Crippen molar-refractivity contribution in [2.45, 2.75) is 67.0 Å². The molecule has 1 heterocycles. The molecule has 0 saturated heterocycles. The van der Waals surface area contributed by atoms with Gasteiger partial charge in [-0.2, -0.15) is 0 Å². The van der Waals surface area contributed by atoms with Gasteiger partial charge in [0.15, 0.2) is 0 Å². The lowest BCUT2D eigenvalue weighted by atomic mass is 9.89. The maximum atomic E-state index is 5.97. The fourth-order valence-corrected chi connectivity index (χ4v) is 3.56. The molecule has 0 fully saturated rings. The van der Waals surface area contributed by atoms with Crippen LogP contribution in [0.4, 0.5) is 0 Å². The summed E-state index contributed by atoms with van der Waals surface area (Å²) in [6.07, 6.45) is 2.28. The van der Waals surface area contributed by atoms with Crippen molar-refractivity contribution in [2.24, 2.45) is 5.41 Å². The summed E-state index contributed by atoms with van der Waals surface area (Å²) in [6, 6.07) is 0. The summed E-state index contributed by atoms with van der Waals surface area (Å²) in [5, 5.41) is 4.55. The average Bonchev–Trinajstić information content (AvgIpc) is 2.75. The predicted molar refractivity (Wildman–Crippen MR) is 87.3 cm³/mol. The quantitative estimate of drug-likeness (QED) is 0.775. The predicted octanol–water partition coefficient (Wildman–Crippen LogP) is 4.33. The first kappa shape index (κ1) is 17.6. The van der Waals surface area contributed by atoms with E-state index in [0.717, 1.165) is 37.5 Å². The van der Waals surface area contributed by atoms with E-state index in [1.54, 1.807) is 0 Å². The molecule has 0 aliphatic carbocycles. The van der Waals surface area contributed by atoms with Gasteiger partial charge >= 0.3 is 0 Å².